The van der Waals surface area contributed by atoms with E-state index in [0.717, 1.165) is 0 Å². The third kappa shape index (κ3) is 7.77. The van der Waals surface area contributed by atoms with Crippen LogP contribution in [0.15, 0.2) is 84.9 Å². The van der Waals surface area contributed by atoms with Crippen LogP contribution in [0.2, 0.25) is 0 Å². The smallest absolute Gasteiger partial charge is 0.0587 e. The third-order valence-corrected chi connectivity index (χ3v) is 3.24. The van der Waals surface area contributed by atoms with E-state index in [4.69, 9.17) is 10.5 Å². The summed E-state index contributed by atoms with van der Waals surface area (Å²) in [6, 6.07) is 32.8. The molecule has 0 N–H and O–H groups in total. The molecule has 0 atom stereocenters. The molecule has 3 aromatic rings. The summed E-state index contributed by atoms with van der Waals surface area (Å²) in [5.41, 5.74) is 2.45. The zero-order valence-corrected chi connectivity index (χ0v) is 15.1. The van der Waals surface area contributed by atoms with Gasteiger partial charge < -0.3 is 0 Å². The van der Waals surface area contributed by atoms with E-state index in [1.165, 1.54) is 35.4 Å². The number of nitriles is 2. The molecule has 0 unspecified atom stereocenters. The van der Waals surface area contributed by atoms with Crippen LogP contribution in [-0.2, 0) is 0 Å². The summed E-state index contributed by atoms with van der Waals surface area (Å²) in [6.45, 7) is 2.86. The van der Waals surface area contributed by atoms with Gasteiger partial charge in [-0.15, -0.1) is 0 Å². The topological polar surface area (TPSA) is 47.6 Å². The van der Waals surface area contributed by atoms with Gasteiger partial charge in [-0.3, -0.25) is 0 Å². The highest BCUT2D eigenvalue weighted by molar-refractivity contribution is 5.54. The SMILES string of the molecule is C(c1ccccc1)=c1ccccc1=Cc1ccccc1.CC#N.CC#N. The Morgan fingerprint density at radius 3 is 1.12 bits per heavy atom. The van der Waals surface area contributed by atoms with Crippen molar-refractivity contribution in [3.05, 3.63) is 106 Å². The molecule has 2 heteroatoms. The Kier molecular flexibility index (Phi) is 10.0. The molecule has 26 heavy (non-hydrogen) atoms. The molecule has 0 aromatic heterocycles. The zero-order valence-electron chi connectivity index (χ0n) is 15.1. The first-order valence-corrected chi connectivity index (χ1v) is 8.25. The van der Waals surface area contributed by atoms with Gasteiger partial charge in [-0.2, -0.15) is 10.5 Å². The second-order valence-electron chi connectivity index (χ2n) is 5.19. The molecule has 2 nitrogen and oxygen atoms in total. The summed E-state index contributed by atoms with van der Waals surface area (Å²) in [5, 5.41) is 17.1. The highest BCUT2D eigenvalue weighted by atomic mass is 14.2. The van der Waals surface area contributed by atoms with Crippen molar-refractivity contribution >= 4 is 12.2 Å². The van der Waals surface area contributed by atoms with Crippen molar-refractivity contribution in [3.63, 3.8) is 0 Å². The van der Waals surface area contributed by atoms with Crippen molar-refractivity contribution in [2.24, 2.45) is 0 Å². The predicted molar refractivity (Wildman–Crippen MR) is 108 cm³/mol. The molecule has 0 saturated heterocycles. The minimum atomic E-state index is 1.22. The molecule has 0 radical (unpaired) electrons. The van der Waals surface area contributed by atoms with Gasteiger partial charge >= 0.3 is 0 Å². The minimum absolute atomic E-state index is 1.22. The van der Waals surface area contributed by atoms with Crippen molar-refractivity contribution in [1.29, 1.82) is 10.5 Å². The molecule has 0 aliphatic carbocycles. The van der Waals surface area contributed by atoms with E-state index in [1.807, 2.05) is 12.1 Å². The van der Waals surface area contributed by atoms with Crippen molar-refractivity contribution in [2.75, 3.05) is 0 Å². The van der Waals surface area contributed by atoms with Crippen LogP contribution in [0.25, 0.3) is 12.2 Å². The molecule has 0 amide bonds. The van der Waals surface area contributed by atoms with Gasteiger partial charge in [0, 0.05) is 13.8 Å². The lowest BCUT2D eigenvalue weighted by Gasteiger charge is -1.95. The van der Waals surface area contributed by atoms with Crippen LogP contribution in [0.5, 0.6) is 0 Å². The van der Waals surface area contributed by atoms with Crippen LogP contribution in [0.1, 0.15) is 25.0 Å². The van der Waals surface area contributed by atoms with Crippen LogP contribution < -0.4 is 10.4 Å². The van der Waals surface area contributed by atoms with E-state index < -0.39 is 0 Å². The third-order valence-electron chi connectivity index (χ3n) is 3.24. The number of nitrogens with zero attached hydrogens (tertiary/aromatic N) is 2. The number of benzene rings is 3. The van der Waals surface area contributed by atoms with E-state index >= 15 is 0 Å². The standard InChI is InChI=1S/C20H16.2C2H3N/c1-3-9-17(10-4-1)15-19-13-7-8-14-20(19)16-18-11-5-2-6-12-18;2*1-2-3/h1-16H;2*1H3. The fraction of sp³-hybridized carbons (Fsp3) is 0.0833. The maximum atomic E-state index is 7.32. The van der Waals surface area contributed by atoms with Gasteiger partial charge in [-0.05, 0) is 33.7 Å². The lowest BCUT2D eigenvalue weighted by molar-refractivity contribution is 1.49. The van der Waals surface area contributed by atoms with Crippen molar-refractivity contribution < 1.29 is 0 Å². The Balaban J connectivity index is 0.000000499. The number of hydrogen-bond donors (Lipinski definition) is 0. The molecule has 0 bridgehead atoms. The van der Waals surface area contributed by atoms with Gasteiger partial charge in [0.05, 0.1) is 12.1 Å². The van der Waals surface area contributed by atoms with E-state index in [2.05, 4.69) is 84.9 Å². The summed E-state index contributed by atoms with van der Waals surface area (Å²) in [5.74, 6) is 0. The van der Waals surface area contributed by atoms with E-state index in [9.17, 15) is 0 Å². The Labute approximate surface area is 155 Å². The molecule has 0 heterocycles. The first kappa shape index (κ1) is 20.4. The summed E-state index contributed by atoms with van der Waals surface area (Å²) in [7, 11) is 0. The second kappa shape index (κ2) is 12.8. The average molecular weight is 338 g/mol. The predicted octanol–water partition coefficient (Wildman–Crippen LogP) is 4.40. The fourth-order valence-corrected chi connectivity index (χ4v) is 2.23. The van der Waals surface area contributed by atoms with Crippen LogP contribution in [-0.4, -0.2) is 0 Å². The van der Waals surface area contributed by atoms with E-state index in [0.29, 0.717) is 0 Å². The number of rotatable bonds is 2. The van der Waals surface area contributed by atoms with Crippen molar-refractivity contribution in [1.82, 2.24) is 0 Å². The molecule has 128 valence electrons. The lowest BCUT2D eigenvalue weighted by atomic mass is 10.1. The molecule has 0 fully saturated rings. The monoisotopic (exact) mass is 338 g/mol. The molecule has 3 aromatic carbocycles. The average Bonchev–Trinajstić information content (AvgIpc) is 2.66. The molecular formula is C24H22N2. The molecule has 0 aliphatic heterocycles. The van der Waals surface area contributed by atoms with Crippen LogP contribution in [0.4, 0.5) is 0 Å². The summed E-state index contributed by atoms with van der Waals surface area (Å²) in [6.07, 6.45) is 4.43. The maximum absolute atomic E-state index is 7.32. The fourth-order valence-electron chi connectivity index (χ4n) is 2.23. The van der Waals surface area contributed by atoms with Crippen LogP contribution >= 0.6 is 0 Å². The summed E-state index contributed by atoms with van der Waals surface area (Å²) in [4.78, 5) is 0. The molecule has 0 saturated carbocycles. The van der Waals surface area contributed by atoms with Gasteiger partial charge in [0.2, 0.25) is 0 Å². The largest absolute Gasteiger partial charge is 0.199 e. The number of hydrogen-bond acceptors (Lipinski definition) is 2. The minimum Gasteiger partial charge on any atom is -0.199 e. The summed E-state index contributed by atoms with van der Waals surface area (Å²) < 4.78 is 0. The second-order valence-corrected chi connectivity index (χ2v) is 5.19. The molecule has 3 rings (SSSR count). The Morgan fingerprint density at radius 1 is 0.538 bits per heavy atom. The van der Waals surface area contributed by atoms with E-state index in [-0.39, 0.29) is 0 Å². The van der Waals surface area contributed by atoms with Gasteiger partial charge in [0.15, 0.2) is 0 Å². The Bertz CT molecular complexity index is 878. The van der Waals surface area contributed by atoms with Gasteiger partial charge in [0.25, 0.3) is 0 Å². The molecule has 0 spiro atoms. The highest BCUT2D eigenvalue weighted by Gasteiger charge is 1.89. The Morgan fingerprint density at radius 2 is 0.808 bits per heavy atom. The van der Waals surface area contributed by atoms with Crippen molar-refractivity contribution in [3.8, 4) is 12.1 Å². The van der Waals surface area contributed by atoms with E-state index in [1.54, 1.807) is 12.1 Å². The van der Waals surface area contributed by atoms with Crippen LogP contribution in [0.3, 0.4) is 0 Å². The van der Waals surface area contributed by atoms with Crippen molar-refractivity contribution in [2.45, 2.75) is 13.8 Å². The van der Waals surface area contributed by atoms with Gasteiger partial charge in [0.1, 0.15) is 0 Å². The highest BCUT2D eigenvalue weighted by Crippen LogP contribution is 1.99. The first-order valence-electron chi connectivity index (χ1n) is 8.25. The van der Waals surface area contributed by atoms with Gasteiger partial charge in [-0.25, -0.2) is 0 Å². The lowest BCUT2D eigenvalue weighted by Crippen LogP contribution is -2.23. The quantitative estimate of drug-likeness (QED) is 0.695. The van der Waals surface area contributed by atoms with Crippen LogP contribution in [0, 0.1) is 22.7 Å². The van der Waals surface area contributed by atoms with Gasteiger partial charge in [-0.1, -0.05) is 84.9 Å². The summed E-state index contributed by atoms with van der Waals surface area (Å²) >= 11 is 0. The molecular weight excluding hydrogens is 316 g/mol. The normalized spacial score (nSPS) is 10.3. The maximum Gasteiger partial charge on any atom is 0.0587 e. The Hall–Kier alpha value is -3.62. The zero-order chi connectivity index (χ0) is 19.0. The molecule has 0 aliphatic rings. The first-order chi connectivity index (χ1) is 12.7.